The number of hydrogen-bond donors (Lipinski definition) is 0. The third kappa shape index (κ3) is 2.68. The zero-order valence-corrected chi connectivity index (χ0v) is 16.8. The van der Waals surface area contributed by atoms with Crippen molar-refractivity contribution in [1.29, 1.82) is 0 Å². The molecule has 0 aliphatic carbocycles. The van der Waals surface area contributed by atoms with Crippen molar-refractivity contribution in [3.63, 3.8) is 0 Å². The number of ether oxygens (including phenoxy) is 3. The fourth-order valence-corrected chi connectivity index (χ4v) is 4.19. The maximum absolute atomic E-state index is 12.9. The molecule has 0 radical (unpaired) electrons. The molecule has 9 heteroatoms. The predicted octanol–water partition coefficient (Wildman–Crippen LogP) is 2.06. The van der Waals surface area contributed by atoms with Crippen molar-refractivity contribution in [2.24, 2.45) is 0 Å². The fraction of sp³-hybridized carbons (Fsp3) is 0.400. The summed E-state index contributed by atoms with van der Waals surface area (Å²) < 4.78 is 15.9. The minimum absolute atomic E-state index is 0.0109. The second-order valence-electron chi connectivity index (χ2n) is 6.70. The number of rotatable bonds is 3. The molecule has 9 nitrogen and oxygen atoms in total. The fourth-order valence-electron chi connectivity index (χ4n) is 4.19. The number of methoxy groups -OCH3 is 2. The van der Waals surface area contributed by atoms with Gasteiger partial charge in [-0.1, -0.05) is 25.1 Å². The lowest BCUT2D eigenvalue weighted by Crippen LogP contribution is -2.47. The molecule has 3 amide bonds. The highest BCUT2D eigenvalue weighted by molar-refractivity contribution is 6.02. The van der Waals surface area contributed by atoms with E-state index in [0.717, 1.165) is 4.90 Å². The number of fused-ring (bicyclic) bond motifs is 3. The van der Waals surface area contributed by atoms with Crippen molar-refractivity contribution in [3.8, 4) is 0 Å². The number of benzene rings is 1. The first-order valence-electron chi connectivity index (χ1n) is 9.03. The van der Waals surface area contributed by atoms with Gasteiger partial charge < -0.3 is 14.2 Å². The van der Waals surface area contributed by atoms with E-state index in [9.17, 15) is 19.2 Å². The highest BCUT2D eigenvalue weighted by atomic mass is 16.6. The summed E-state index contributed by atoms with van der Waals surface area (Å²) in [6.45, 7) is 4.20. The summed E-state index contributed by atoms with van der Waals surface area (Å²) in [6.07, 6.45) is -1.39. The third-order valence-electron chi connectivity index (χ3n) is 5.33. The Morgan fingerprint density at radius 1 is 1.10 bits per heavy atom. The number of hydrogen-bond acceptors (Lipinski definition) is 7. The smallest absolute Gasteiger partial charge is 0.417 e. The molecule has 2 heterocycles. The van der Waals surface area contributed by atoms with Crippen molar-refractivity contribution in [3.05, 3.63) is 41.3 Å². The average molecular weight is 402 g/mol. The van der Waals surface area contributed by atoms with Gasteiger partial charge in [0, 0.05) is 13.8 Å². The Labute approximate surface area is 167 Å². The van der Waals surface area contributed by atoms with Crippen molar-refractivity contribution in [2.75, 3.05) is 19.1 Å². The summed E-state index contributed by atoms with van der Waals surface area (Å²) in [7, 11) is 2.44. The lowest BCUT2D eigenvalue weighted by molar-refractivity contribution is -0.143. The van der Waals surface area contributed by atoms with Gasteiger partial charge in [0.1, 0.15) is 5.57 Å². The number of carbonyl (C=O) groups excluding carboxylic acids is 4. The third-order valence-corrected chi connectivity index (χ3v) is 5.33. The Hall–Kier alpha value is -3.36. The summed E-state index contributed by atoms with van der Waals surface area (Å²) in [6, 6.07) is 7.01. The van der Waals surface area contributed by atoms with Crippen LogP contribution in [0.2, 0.25) is 0 Å². The van der Waals surface area contributed by atoms with Gasteiger partial charge in [-0.25, -0.2) is 19.4 Å². The molecule has 0 saturated heterocycles. The van der Waals surface area contributed by atoms with Crippen LogP contribution >= 0.6 is 0 Å². The van der Waals surface area contributed by atoms with E-state index in [2.05, 4.69) is 0 Å². The molecule has 0 spiro atoms. The first kappa shape index (κ1) is 20.4. The monoisotopic (exact) mass is 402 g/mol. The first-order chi connectivity index (χ1) is 13.8. The molecule has 154 valence electrons. The van der Waals surface area contributed by atoms with Gasteiger partial charge in [0.2, 0.25) is 17.7 Å². The Kier molecular flexibility index (Phi) is 5.08. The maximum Gasteiger partial charge on any atom is 0.417 e. The van der Waals surface area contributed by atoms with Crippen LogP contribution in [0.1, 0.15) is 32.8 Å². The summed E-state index contributed by atoms with van der Waals surface area (Å²) in [5.74, 6) is -2.23. The van der Waals surface area contributed by atoms with Gasteiger partial charge in [-0.2, -0.15) is 0 Å². The van der Waals surface area contributed by atoms with Gasteiger partial charge in [0.25, 0.3) is 0 Å². The Bertz CT molecular complexity index is 925. The lowest BCUT2D eigenvalue weighted by atomic mass is 9.73. The molecule has 0 bridgehead atoms. The van der Waals surface area contributed by atoms with E-state index >= 15 is 0 Å². The van der Waals surface area contributed by atoms with Crippen molar-refractivity contribution >= 4 is 29.6 Å². The second kappa shape index (κ2) is 7.23. The van der Waals surface area contributed by atoms with E-state index < -0.39 is 35.5 Å². The molecular formula is C20H22N2O7. The van der Waals surface area contributed by atoms with Crippen molar-refractivity contribution < 1.29 is 33.4 Å². The summed E-state index contributed by atoms with van der Waals surface area (Å²) in [5, 5.41) is 0. The lowest BCUT2D eigenvalue weighted by Gasteiger charge is -2.30. The molecule has 0 aromatic heterocycles. The number of esters is 1. The number of nitrogens with zero attached hydrogens (tertiary/aromatic N) is 2. The van der Waals surface area contributed by atoms with Crippen LogP contribution in [0.5, 0.6) is 0 Å². The van der Waals surface area contributed by atoms with E-state index in [1.54, 1.807) is 24.3 Å². The molecule has 2 atom stereocenters. The Balaban J connectivity index is 2.36. The van der Waals surface area contributed by atoms with Crippen molar-refractivity contribution in [2.45, 2.75) is 38.8 Å². The van der Waals surface area contributed by atoms with E-state index in [1.165, 1.54) is 33.0 Å². The standard InChI is InChI=1S/C20H22N2O7/c1-6-20-13-9-7-8-10-14(13)22(19(26)28-5)18(20)29-16(15(20)17(25)27-4)21(11(2)23)12(3)24/h7-10,18H,6H2,1-5H3. The van der Waals surface area contributed by atoms with Crippen LogP contribution in [0.15, 0.2) is 35.7 Å². The topological polar surface area (TPSA) is 102 Å². The summed E-state index contributed by atoms with van der Waals surface area (Å²) >= 11 is 0. The van der Waals surface area contributed by atoms with Crippen LogP contribution in [-0.2, 0) is 34.0 Å². The molecule has 1 aromatic rings. The molecule has 0 saturated carbocycles. The average Bonchev–Trinajstić information content (AvgIpc) is 3.15. The van der Waals surface area contributed by atoms with Crippen LogP contribution < -0.4 is 4.90 Å². The largest absolute Gasteiger partial charge is 0.465 e. The van der Waals surface area contributed by atoms with Crippen LogP contribution in [0.3, 0.4) is 0 Å². The molecule has 2 aliphatic heterocycles. The summed E-state index contributed by atoms with van der Waals surface area (Å²) in [4.78, 5) is 51.9. The zero-order valence-electron chi connectivity index (χ0n) is 16.8. The number of para-hydroxylation sites is 1. The second-order valence-corrected chi connectivity index (χ2v) is 6.70. The Morgan fingerprint density at radius 3 is 2.24 bits per heavy atom. The van der Waals surface area contributed by atoms with E-state index in [4.69, 9.17) is 14.2 Å². The Morgan fingerprint density at radius 2 is 1.72 bits per heavy atom. The molecule has 3 rings (SSSR count). The van der Waals surface area contributed by atoms with E-state index in [1.807, 2.05) is 6.92 Å². The summed E-state index contributed by atoms with van der Waals surface area (Å²) in [5.41, 5.74) is 0.0251. The van der Waals surface area contributed by atoms with Gasteiger partial charge in [0.05, 0.1) is 25.3 Å². The van der Waals surface area contributed by atoms with Crippen LogP contribution in [0.4, 0.5) is 10.5 Å². The molecule has 2 unspecified atom stereocenters. The number of carbonyl (C=O) groups is 4. The van der Waals surface area contributed by atoms with Gasteiger partial charge >= 0.3 is 12.1 Å². The minimum Gasteiger partial charge on any atom is -0.465 e. The highest BCUT2D eigenvalue weighted by Crippen LogP contribution is 2.57. The normalized spacial score (nSPS) is 21.8. The van der Waals surface area contributed by atoms with Crippen LogP contribution in [0.25, 0.3) is 0 Å². The molecule has 0 N–H and O–H groups in total. The molecule has 0 fully saturated rings. The van der Waals surface area contributed by atoms with Crippen molar-refractivity contribution in [1.82, 2.24) is 4.90 Å². The van der Waals surface area contributed by atoms with Gasteiger partial charge in [-0.15, -0.1) is 0 Å². The van der Waals surface area contributed by atoms with E-state index in [-0.39, 0.29) is 11.5 Å². The maximum atomic E-state index is 12.9. The van der Waals surface area contributed by atoms with Gasteiger partial charge in [0.15, 0.2) is 6.23 Å². The molecule has 29 heavy (non-hydrogen) atoms. The number of amides is 3. The highest BCUT2D eigenvalue weighted by Gasteiger charge is 2.64. The van der Waals surface area contributed by atoms with E-state index in [0.29, 0.717) is 17.7 Å². The predicted molar refractivity (Wildman–Crippen MR) is 100 cm³/mol. The van der Waals surface area contributed by atoms with Gasteiger partial charge in [-0.05, 0) is 18.1 Å². The quantitative estimate of drug-likeness (QED) is 0.713. The first-order valence-corrected chi connectivity index (χ1v) is 9.03. The van der Waals surface area contributed by atoms with Gasteiger partial charge in [-0.3, -0.25) is 9.59 Å². The number of anilines is 1. The van der Waals surface area contributed by atoms with Crippen LogP contribution in [-0.4, -0.2) is 49.2 Å². The minimum atomic E-state index is -1.14. The molecule has 2 aliphatic rings. The number of imide groups is 1. The molecule has 1 aromatic carbocycles. The molecular weight excluding hydrogens is 380 g/mol. The zero-order chi connectivity index (χ0) is 21.5. The van der Waals surface area contributed by atoms with Crippen LogP contribution in [0, 0.1) is 0 Å². The SMILES string of the molecule is CCC12C(C(=O)OC)=C(N(C(C)=O)C(C)=O)OC1N(C(=O)OC)c1ccccc12.